The zero-order valence-electron chi connectivity index (χ0n) is 14.9. The smallest absolute Gasteiger partial charge is 0.251 e. The van der Waals surface area contributed by atoms with Crippen LogP contribution in [0.25, 0.3) is 0 Å². The van der Waals surface area contributed by atoms with E-state index in [9.17, 15) is 9.59 Å². The van der Waals surface area contributed by atoms with Gasteiger partial charge in [0.1, 0.15) is 11.5 Å². The second-order valence-corrected chi connectivity index (χ2v) is 6.25. The van der Waals surface area contributed by atoms with Crippen LogP contribution in [0.15, 0.2) is 42.5 Å². The second kappa shape index (κ2) is 7.91. The molecule has 0 aromatic heterocycles. The highest BCUT2D eigenvalue weighted by Crippen LogP contribution is 2.30. The lowest BCUT2D eigenvalue weighted by atomic mass is 10.1. The fraction of sp³-hybridized carbons (Fsp3) is 0.300. The molecule has 2 amide bonds. The Morgan fingerprint density at radius 3 is 2.35 bits per heavy atom. The molecule has 1 saturated carbocycles. The summed E-state index contributed by atoms with van der Waals surface area (Å²) in [7, 11) is 3.08. The molecule has 136 valence electrons. The number of ether oxygens (including phenoxy) is 2. The highest BCUT2D eigenvalue weighted by molar-refractivity contribution is 5.95. The van der Waals surface area contributed by atoms with E-state index in [1.807, 2.05) is 24.3 Å². The number of hydrogen-bond acceptors (Lipinski definition) is 4. The zero-order chi connectivity index (χ0) is 18.5. The summed E-state index contributed by atoms with van der Waals surface area (Å²) in [5, 5.41) is 5.78. The molecule has 2 aromatic rings. The van der Waals surface area contributed by atoms with Crippen molar-refractivity contribution in [2.24, 2.45) is 5.92 Å². The molecule has 0 heterocycles. The van der Waals surface area contributed by atoms with Gasteiger partial charge < -0.3 is 20.1 Å². The van der Waals surface area contributed by atoms with Crippen LogP contribution in [0.3, 0.4) is 0 Å². The zero-order valence-corrected chi connectivity index (χ0v) is 14.9. The number of nitrogens with one attached hydrogen (secondary N) is 2. The van der Waals surface area contributed by atoms with E-state index in [1.165, 1.54) is 14.2 Å². The largest absolute Gasteiger partial charge is 0.497 e. The van der Waals surface area contributed by atoms with Gasteiger partial charge in [0.05, 0.1) is 14.2 Å². The van der Waals surface area contributed by atoms with Gasteiger partial charge in [0.2, 0.25) is 5.91 Å². The molecule has 0 unspecified atom stereocenters. The molecule has 2 aromatic carbocycles. The lowest BCUT2D eigenvalue weighted by molar-refractivity contribution is -0.117. The van der Waals surface area contributed by atoms with Crippen LogP contribution in [0.2, 0.25) is 0 Å². The molecule has 0 bridgehead atoms. The standard InChI is InChI=1S/C20H22N2O4/c1-25-17-9-15(10-18(11-17)26-2)19(23)21-12-13-4-3-5-16(8-13)22-20(24)14-6-7-14/h3-5,8-11,14H,6-7,12H2,1-2H3,(H,21,23)(H,22,24). The molecule has 0 spiro atoms. The Morgan fingerprint density at radius 1 is 1.04 bits per heavy atom. The number of carbonyl (C=O) groups excluding carboxylic acids is 2. The minimum atomic E-state index is -0.227. The number of methoxy groups -OCH3 is 2. The molecule has 3 rings (SSSR count). The quantitative estimate of drug-likeness (QED) is 0.801. The van der Waals surface area contributed by atoms with Crippen molar-refractivity contribution in [2.75, 3.05) is 19.5 Å². The fourth-order valence-corrected chi connectivity index (χ4v) is 2.57. The molecular formula is C20H22N2O4. The summed E-state index contributed by atoms with van der Waals surface area (Å²) in [4.78, 5) is 24.3. The van der Waals surface area contributed by atoms with Gasteiger partial charge in [-0.2, -0.15) is 0 Å². The third-order valence-corrected chi connectivity index (χ3v) is 4.21. The van der Waals surface area contributed by atoms with Crippen LogP contribution in [-0.4, -0.2) is 26.0 Å². The van der Waals surface area contributed by atoms with Crippen LogP contribution in [0, 0.1) is 5.92 Å². The number of hydrogen-bond donors (Lipinski definition) is 2. The first-order chi connectivity index (χ1) is 12.6. The van der Waals surface area contributed by atoms with Crippen molar-refractivity contribution in [3.05, 3.63) is 53.6 Å². The van der Waals surface area contributed by atoms with Crippen molar-refractivity contribution in [3.63, 3.8) is 0 Å². The number of benzene rings is 2. The van der Waals surface area contributed by atoms with Gasteiger partial charge >= 0.3 is 0 Å². The van der Waals surface area contributed by atoms with E-state index in [1.54, 1.807) is 18.2 Å². The highest BCUT2D eigenvalue weighted by atomic mass is 16.5. The number of carbonyl (C=O) groups is 2. The minimum absolute atomic E-state index is 0.0645. The van der Waals surface area contributed by atoms with E-state index in [0.717, 1.165) is 24.1 Å². The van der Waals surface area contributed by atoms with Crippen LogP contribution in [0.5, 0.6) is 11.5 Å². The van der Waals surface area contributed by atoms with Crippen LogP contribution < -0.4 is 20.1 Å². The van der Waals surface area contributed by atoms with Crippen LogP contribution >= 0.6 is 0 Å². The average molecular weight is 354 g/mol. The number of anilines is 1. The van der Waals surface area contributed by atoms with Gasteiger partial charge in [-0.25, -0.2) is 0 Å². The maximum Gasteiger partial charge on any atom is 0.251 e. The summed E-state index contributed by atoms with van der Waals surface area (Å²) in [5.74, 6) is 1.10. The van der Waals surface area contributed by atoms with E-state index in [4.69, 9.17) is 9.47 Å². The Labute approximate surface area is 152 Å². The predicted molar refractivity (Wildman–Crippen MR) is 98.5 cm³/mol. The summed E-state index contributed by atoms with van der Waals surface area (Å²) in [6.45, 7) is 0.353. The van der Waals surface area contributed by atoms with Gasteiger partial charge in [0.15, 0.2) is 0 Å². The molecule has 0 aliphatic heterocycles. The molecule has 0 atom stereocenters. The number of rotatable bonds is 7. The van der Waals surface area contributed by atoms with Gasteiger partial charge in [-0.05, 0) is 42.7 Å². The molecule has 6 nitrogen and oxygen atoms in total. The maximum absolute atomic E-state index is 12.4. The van der Waals surface area contributed by atoms with Gasteiger partial charge in [-0.3, -0.25) is 9.59 Å². The van der Waals surface area contributed by atoms with Crippen molar-refractivity contribution in [3.8, 4) is 11.5 Å². The molecule has 2 N–H and O–H groups in total. The van der Waals surface area contributed by atoms with E-state index in [2.05, 4.69) is 10.6 Å². The van der Waals surface area contributed by atoms with Crippen molar-refractivity contribution in [1.29, 1.82) is 0 Å². The Kier molecular flexibility index (Phi) is 5.41. The molecule has 6 heteroatoms. The summed E-state index contributed by atoms with van der Waals surface area (Å²) < 4.78 is 10.4. The van der Waals surface area contributed by atoms with Crippen LogP contribution in [0.1, 0.15) is 28.8 Å². The highest BCUT2D eigenvalue weighted by Gasteiger charge is 2.29. The molecule has 1 fully saturated rings. The molecule has 1 aliphatic rings. The lowest BCUT2D eigenvalue weighted by Crippen LogP contribution is -2.23. The summed E-state index contributed by atoms with van der Waals surface area (Å²) >= 11 is 0. The van der Waals surface area contributed by atoms with E-state index in [0.29, 0.717) is 23.6 Å². The summed E-state index contributed by atoms with van der Waals surface area (Å²) in [6.07, 6.45) is 1.93. The third-order valence-electron chi connectivity index (χ3n) is 4.21. The SMILES string of the molecule is COc1cc(OC)cc(C(=O)NCc2cccc(NC(=O)C3CC3)c2)c1. The molecular weight excluding hydrogens is 332 g/mol. The third kappa shape index (κ3) is 4.53. The average Bonchev–Trinajstić information content (AvgIpc) is 3.51. The number of amides is 2. The molecule has 26 heavy (non-hydrogen) atoms. The first kappa shape index (κ1) is 17.8. The van der Waals surface area contributed by atoms with Crippen molar-refractivity contribution in [2.45, 2.75) is 19.4 Å². The van der Waals surface area contributed by atoms with Gasteiger partial charge in [0, 0.05) is 29.8 Å². The summed E-state index contributed by atoms with van der Waals surface area (Å²) in [6, 6.07) is 12.5. The first-order valence-electron chi connectivity index (χ1n) is 8.50. The van der Waals surface area contributed by atoms with E-state index >= 15 is 0 Å². The maximum atomic E-state index is 12.4. The van der Waals surface area contributed by atoms with Crippen LogP contribution in [0.4, 0.5) is 5.69 Å². The normalized spacial score (nSPS) is 13.0. The molecule has 1 aliphatic carbocycles. The van der Waals surface area contributed by atoms with Crippen molar-refractivity contribution >= 4 is 17.5 Å². The fourth-order valence-electron chi connectivity index (χ4n) is 2.57. The van der Waals surface area contributed by atoms with Gasteiger partial charge in [-0.15, -0.1) is 0 Å². The van der Waals surface area contributed by atoms with Crippen molar-refractivity contribution < 1.29 is 19.1 Å². The van der Waals surface area contributed by atoms with Crippen molar-refractivity contribution in [1.82, 2.24) is 5.32 Å². The van der Waals surface area contributed by atoms with E-state index in [-0.39, 0.29) is 17.7 Å². The molecule has 0 radical (unpaired) electrons. The molecule has 0 saturated heterocycles. The van der Waals surface area contributed by atoms with Gasteiger partial charge in [-0.1, -0.05) is 12.1 Å². The predicted octanol–water partition coefficient (Wildman–Crippen LogP) is 2.98. The van der Waals surface area contributed by atoms with E-state index < -0.39 is 0 Å². The van der Waals surface area contributed by atoms with Crippen LogP contribution in [-0.2, 0) is 11.3 Å². The topological polar surface area (TPSA) is 76.7 Å². The Balaban J connectivity index is 1.63. The first-order valence-corrected chi connectivity index (χ1v) is 8.50. The second-order valence-electron chi connectivity index (χ2n) is 6.25. The minimum Gasteiger partial charge on any atom is -0.497 e. The Morgan fingerprint density at radius 2 is 1.73 bits per heavy atom. The summed E-state index contributed by atoms with van der Waals surface area (Å²) in [5.41, 5.74) is 2.11. The Hall–Kier alpha value is -3.02. The Bertz CT molecular complexity index is 793. The monoisotopic (exact) mass is 354 g/mol. The lowest BCUT2D eigenvalue weighted by Gasteiger charge is -2.10. The van der Waals surface area contributed by atoms with Gasteiger partial charge in [0.25, 0.3) is 5.91 Å².